The van der Waals surface area contributed by atoms with Crippen molar-refractivity contribution in [2.45, 2.75) is 6.92 Å². The Morgan fingerprint density at radius 1 is 1.27 bits per heavy atom. The molecule has 0 amide bonds. The van der Waals surface area contributed by atoms with Crippen molar-refractivity contribution in [3.05, 3.63) is 41.2 Å². The van der Waals surface area contributed by atoms with E-state index >= 15 is 0 Å². The fraction of sp³-hybridized carbons (Fsp3) is 0.100. The summed E-state index contributed by atoms with van der Waals surface area (Å²) in [5, 5.41) is 0. The first-order chi connectivity index (χ1) is 5.36. The zero-order valence-corrected chi connectivity index (χ0v) is 6.26. The molecular formula is C10H7N. The zero-order valence-electron chi connectivity index (χ0n) is 6.26. The summed E-state index contributed by atoms with van der Waals surface area (Å²) in [5.41, 5.74) is 1.62. The number of nitrogens with zero attached hydrogens (tertiary/aromatic N) is 1. The monoisotopic (exact) mass is 141 g/mol. The molecule has 0 radical (unpaired) electrons. The van der Waals surface area contributed by atoms with Crippen molar-refractivity contribution in [2.24, 2.45) is 0 Å². The molecule has 0 spiro atoms. The average Bonchev–Trinajstić information content (AvgIpc) is 2.07. The summed E-state index contributed by atoms with van der Waals surface area (Å²) in [7, 11) is 0. The van der Waals surface area contributed by atoms with Crippen molar-refractivity contribution in [1.29, 1.82) is 0 Å². The van der Waals surface area contributed by atoms with E-state index in [1.54, 1.807) is 19.1 Å². The topological polar surface area (TPSA) is 4.36 Å². The molecule has 1 nitrogen and oxygen atoms in total. The van der Waals surface area contributed by atoms with Gasteiger partial charge in [-0.15, -0.1) is 5.92 Å². The lowest BCUT2D eigenvalue weighted by atomic mass is 10.2. The summed E-state index contributed by atoms with van der Waals surface area (Å²) in [5.74, 6) is 5.70. The van der Waals surface area contributed by atoms with Crippen molar-refractivity contribution in [3.63, 3.8) is 0 Å². The van der Waals surface area contributed by atoms with Gasteiger partial charge in [0, 0.05) is 5.56 Å². The van der Waals surface area contributed by atoms with Gasteiger partial charge < -0.3 is 0 Å². The zero-order chi connectivity index (χ0) is 8.10. The van der Waals surface area contributed by atoms with E-state index in [2.05, 4.69) is 16.7 Å². The van der Waals surface area contributed by atoms with E-state index < -0.39 is 0 Å². The fourth-order valence-corrected chi connectivity index (χ4v) is 0.764. The number of hydrogen-bond donors (Lipinski definition) is 0. The summed E-state index contributed by atoms with van der Waals surface area (Å²) in [4.78, 5) is 3.27. The van der Waals surface area contributed by atoms with E-state index in [-0.39, 0.29) is 0 Å². The first-order valence-electron chi connectivity index (χ1n) is 3.27. The Balaban J connectivity index is 3.00. The lowest BCUT2D eigenvalue weighted by Crippen LogP contribution is -1.69. The van der Waals surface area contributed by atoms with Crippen LogP contribution in [0, 0.1) is 18.4 Å². The Morgan fingerprint density at radius 2 is 1.91 bits per heavy atom. The molecule has 0 saturated carbocycles. The molecule has 0 aliphatic heterocycles. The van der Waals surface area contributed by atoms with Crippen LogP contribution in [0.4, 0.5) is 5.69 Å². The lowest BCUT2D eigenvalue weighted by molar-refractivity contribution is 1.65. The van der Waals surface area contributed by atoms with E-state index in [9.17, 15) is 0 Å². The maximum absolute atomic E-state index is 6.71. The molecule has 0 atom stereocenters. The van der Waals surface area contributed by atoms with Crippen LogP contribution < -0.4 is 0 Å². The quantitative estimate of drug-likeness (QED) is 0.386. The van der Waals surface area contributed by atoms with Gasteiger partial charge in [0.2, 0.25) is 0 Å². The highest BCUT2D eigenvalue weighted by molar-refractivity contribution is 5.48. The summed E-state index contributed by atoms with van der Waals surface area (Å²) in [6.45, 7) is 8.50. The molecule has 1 aromatic rings. The number of benzene rings is 1. The van der Waals surface area contributed by atoms with Crippen molar-refractivity contribution in [2.75, 3.05) is 0 Å². The normalized spacial score (nSPS) is 7.64. The predicted octanol–water partition coefficient (Wildman–Crippen LogP) is 2.61. The second-order valence-corrected chi connectivity index (χ2v) is 2.03. The van der Waals surface area contributed by atoms with Gasteiger partial charge in [-0.3, -0.25) is 0 Å². The molecule has 1 rings (SSSR count). The van der Waals surface area contributed by atoms with Gasteiger partial charge in [-0.25, -0.2) is 4.85 Å². The molecular weight excluding hydrogens is 134 g/mol. The van der Waals surface area contributed by atoms with Crippen LogP contribution in [0.2, 0.25) is 0 Å². The minimum Gasteiger partial charge on any atom is -0.238 e. The van der Waals surface area contributed by atoms with Gasteiger partial charge in [-0.1, -0.05) is 30.2 Å². The highest BCUT2D eigenvalue weighted by atomic mass is 14.6. The predicted molar refractivity (Wildman–Crippen MR) is 45.3 cm³/mol. The number of rotatable bonds is 0. The van der Waals surface area contributed by atoms with Crippen molar-refractivity contribution in [1.82, 2.24) is 0 Å². The molecule has 0 aromatic heterocycles. The van der Waals surface area contributed by atoms with Gasteiger partial charge in [-0.2, -0.15) is 0 Å². The maximum atomic E-state index is 6.71. The van der Waals surface area contributed by atoms with Gasteiger partial charge in [-0.05, 0) is 6.92 Å². The molecule has 52 valence electrons. The largest absolute Gasteiger partial charge is 0.238 e. The molecule has 1 heteroatoms. The second kappa shape index (κ2) is 3.44. The summed E-state index contributed by atoms with van der Waals surface area (Å²) >= 11 is 0. The average molecular weight is 141 g/mol. The summed E-state index contributed by atoms with van der Waals surface area (Å²) in [6.07, 6.45) is 0. The minimum absolute atomic E-state index is 0.659. The van der Waals surface area contributed by atoms with E-state index in [4.69, 9.17) is 6.57 Å². The van der Waals surface area contributed by atoms with Crippen LogP contribution in [0.1, 0.15) is 12.5 Å². The molecule has 0 unspecified atom stereocenters. The van der Waals surface area contributed by atoms with Crippen LogP contribution in [-0.4, -0.2) is 0 Å². The van der Waals surface area contributed by atoms with Crippen LogP contribution in [0.5, 0.6) is 0 Å². The first kappa shape index (κ1) is 7.38. The standard InChI is InChI=1S/C10H7N/c1-3-4-9-5-7-10(11-2)8-6-9/h5-8H,1H3. The number of hydrogen-bond acceptors (Lipinski definition) is 0. The SMILES string of the molecule is [C-]#[N+]c1ccc(C#CC)cc1. The Hall–Kier alpha value is -1.73. The molecule has 0 saturated heterocycles. The van der Waals surface area contributed by atoms with Crippen LogP contribution in [-0.2, 0) is 0 Å². The van der Waals surface area contributed by atoms with Gasteiger partial charge in [0.05, 0.1) is 6.57 Å². The van der Waals surface area contributed by atoms with Crippen molar-refractivity contribution in [3.8, 4) is 11.8 Å². The molecule has 0 heterocycles. The molecule has 0 bridgehead atoms. The highest BCUT2D eigenvalue weighted by Gasteiger charge is 1.87. The molecule has 0 aliphatic rings. The summed E-state index contributed by atoms with van der Waals surface area (Å²) < 4.78 is 0. The minimum atomic E-state index is 0.659. The van der Waals surface area contributed by atoms with Crippen LogP contribution in [0.3, 0.4) is 0 Å². The van der Waals surface area contributed by atoms with E-state index in [1.807, 2.05) is 12.1 Å². The third-order valence-electron chi connectivity index (χ3n) is 1.27. The third-order valence-corrected chi connectivity index (χ3v) is 1.27. The smallest absolute Gasteiger partial charge is 0.187 e. The first-order valence-corrected chi connectivity index (χ1v) is 3.27. The van der Waals surface area contributed by atoms with E-state index in [0.29, 0.717) is 5.69 Å². The van der Waals surface area contributed by atoms with Gasteiger partial charge in [0.1, 0.15) is 0 Å². The van der Waals surface area contributed by atoms with E-state index in [0.717, 1.165) is 5.56 Å². The van der Waals surface area contributed by atoms with Gasteiger partial charge in [0.15, 0.2) is 5.69 Å². The summed E-state index contributed by atoms with van der Waals surface area (Å²) in [6, 6.07) is 7.24. The fourth-order valence-electron chi connectivity index (χ4n) is 0.764. The Kier molecular flexibility index (Phi) is 2.31. The molecule has 0 N–H and O–H groups in total. The van der Waals surface area contributed by atoms with Crippen LogP contribution >= 0.6 is 0 Å². The van der Waals surface area contributed by atoms with E-state index in [1.165, 1.54) is 0 Å². The second-order valence-electron chi connectivity index (χ2n) is 2.03. The third kappa shape index (κ3) is 1.85. The van der Waals surface area contributed by atoms with Crippen LogP contribution in [0.25, 0.3) is 4.85 Å². The molecule has 11 heavy (non-hydrogen) atoms. The van der Waals surface area contributed by atoms with Crippen LogP contribution in [0.15, 0.2) is 24.3 Å². The van der Waals surface area contributed by atoms with Gasteiger partial charge in [0.25, 0.3) is 0 Å². The lowest BCUT2D eigenvalue weighted by Gasteiger charge is -1.88. The Labute approximate surface area is 66.5 Å². The van der Waals surface area contributed by atoms with Gasteiger partial charge >= 0.3 is 0 Å². The molecule has 1 aromatic carbocycles. The molecule has 0 aliphatic carbocycles. The van der Waals surface area contributed by atoms with Crippen molar-refractivity contribution >= 4 is 5.69 Å². The van der Waals surface area contributed by atoms with Crippen molar-refractivity contribution < 1.29 is 0 Å². The Bertz CT molecular complexity index is 330. The Morgan fingerprint density at radius 3 is 2.36 bits per heavy atom. The molecule has 0 fully saturated rings. The highest BCUT2D eigenvalue weighted by Crippen LogP contribution is 2.11. The maximum Gasteiger partial charge on any atom is 0.187 e.